The number of para-hydroxylation sites is 2. The second-order valence-corrected chi connectivity index (χ2v) is 6.69. The van der Waals surface area contributed by atoms with E-state index in [1.165, 1.54) is 31.2 Å². The van der Waals surface area contributed by atoms with Gasteiger partial charge >= 0.3 is 0 Å². The lowest BCUT2D eigenvalue weighted by atomic mass is 9.95. The minimum atomic E-state index is 0.330. The zero-order valence-corrected chi connectivity index (χ0v) is 12.3. The molecule has 2 aromatic rings. The molecule has 1 aromatic carbocycles. The average Bonchev–Trinajstić information content (AvgIpc) is 3.14. The lowest BCUT2D eigenvalue weighted by Crippen LogP contribution is -2.36. The molecule has 2 fully saturated rings. The molecular weight excluding hydrogens is 246 g/mol. The van der Waals surface area contributed by atoms with Crippen LogP contribution >= 0.6 is 0 Å². The fraction of sp³-hybridized carbons (Fsp3) is 0.588. The van der Waals surface area contributed by atoms with Gasteiger partial charge in [-0.2, -0.15) is 0 Å². The van der Waals surface area contributed by atoms with E-state index >= 15 is 0 Å². The van der Waals surface area contributed by atoms with E-state index in [4.69, 9.17) is 4.98 Å². The van der Waals surface area contributed by atoms with Gasteiger partial charge in [0.05, 0.1) is 17.1 Å². The summed E-state index contributed by atoms with van der Waals surface area (Å²) in [5.41, 5.74) is 2.33. The first-order chi connectivity index (χ1) is 9.72. The highest BCUT2D eigenvalue weighted by atomic mass is 15.1. The maximum atomic E-state index is 4.82. The average molecular weight is 269 g/mol. The summed E-state index contributed by atoms with van der Waals surface area (Å²) in [4.78, 5) is 4.82. The molecule has 4 atom stereocenters. The summed E-state index contributed by atoms with van der Waals surface area (Å²) in [5, 5.41) is 3.84. The molecule has 0 radical (unpaired) electrons. The number of aromatic nitrogens is 2. The van der Waals surface area contributed by atoms with Gasteiger partial charge in [-0.25, -0.2) is 4.98 Å². The molecule has 0 spiro atoms. The van der Waals surface area contributed by atoms with Crippen LogP contribution in [0.2, 0.25) is 0 Å². The van der Waals surface area contributed by atoms with Crippen molar-refractivity contribution in [1.82, 2.24) is 14.9 Å². The zero-order valence-electron chi connectivity index (χ0n) is 12.3. The topological polar surface area (TPSA) is 29.9 Å². The molecule has 3 heteroatoms. The predicted molar refractivity (Wildman–Crippen MR) is 81.5 cm³/mol. The fourth-order valence-corrected chi connectivity index (χ4v) is 4.40. The Morgan fingerprint density at radius 2 is 2.10 bits per heavy atom. The number of nitrogens with one attached hydrogen (secondary N) is 1. The van der Waals surface area contributed by atoms with E-state index in [0.29, 0.717) is 12.1 Å². The van der Waals surface area contributed by atoms with Crippen LogP contribution in [0.5, 0.6) is 0 Å². The number of benzene rings is 1. The molecule has 0 aliphatic heterocycles. The number of hydrogen-bond donors (Lipinski definition) is 1. The molecule has 2 bridgehead atoms. The maximum Gasteiger partial charge on any atom is 0.126 e. The van der Waals surface area contributed by atoms with Crippen LogP contribution in [-0.2, 0) is 7.05 Å². The predicted octanol–water partition coefficient (Wildman–Crippen LogP) is 3.41. The van der Waals surface area contributed by atoms with Crippen LogP contribution in [0.3, 0.4) is 0 Å². The van der Waals surface area contributed by atoms with Crippen LogP contribution < -0.4 is 5.32 Å². The third-order valence-corrected chi connectivity index (χ3v) is 5.41. The van der Waals surface area contributed by atoms with Crippen molar-refractivity contribution in [3.05, 3.63) is 30.1 Å². The Bertz CT molecular complexity index is 630. The van der Waals surface area contributed by atoms with E-state index in [1.54, 1.807) is 0 Å². The molecule has 2 saturated carbocycles. The lowest BCUT2D eigenvalue weighted by Gasteiger charge is -2.26. The Morgan fingerprint density at radius 3 is 2.80 bits per heavy atom. The van der Waals surface area contributed by atoms with Crippen molar-refractivity contribution in [3.63, 3.8) is 0 Å². The highest BCUT2D eigenvalue weighted by Gasteiger charge is 2.40. The second kappa shape index (κ2) is 4.59. The number of fused-ring (bicyclic) bond motifs is 3. The van der Waals surface area contributed by atoms with Crippen LogP contribution in [0.4, 0.5) is 0 Å². The summed E-state index contributed by atoms with van der Waals surface area (Å²) in [6.07, 6.45) is 5.72. The molecule has 0 saturated heterocycles. The standard InChI is InChI=1S/C17H23N3/c1-11(18-15-10-12-7-8-13(15)9-12)17-19-14-5-3-4-6-16(14)20(17)2/h3-6,11-13,15,18H,7-10H2,1-2H3. The van der Waals surface area contributed by atoms with Crippen molar-refractivity contribution < 1.29 is 0 Å². The molecule has 4 unspecified atom stereocenters. The summed E-state index contributed by atoms with van der Waals surface area (Å²) in [7, 11) is 2.13. The smallest absolute Gasteiger partial charge is 0.126 e. The Hall–Kier alpha value is -1.35. The van der Waals surface area contributed by atoms with E-state index in [0.717, 1.165) is 23.2 Å². The minimum absolute atomic E-state index is 0.330. The Kier molecular flexibility index (Phi) is 2.84. The van der Waals surface area contributed by atoms with Crippen molar-refractivity contribution >= 4 is 11.0 Å². The largest absolute Gasteiger partial charge is 0.330 e. The van der Waals surface area contributed by atoms with Gasteiger partial charge in [0.1, 0.15) is 5.82 Å². The van der Waals surface area contributed by atoms with Crippen molar-refractivity contribution in [2.45, 2.75) is 44.7 Å². The summed E-state index contributed by atoms with van der Waals surface area (Å²) in [6.45, 7) is 2.26. The molecule has 20 heavy (non-hydrogen) atoms. The van der Waals surface area contributed by atoms with E-state index in [-0.39, 0.29) is 0 Å². The number of imidazole rings is 1. The number of hydrogen-bond acceptors (Lipinski definition) is 2. The van der Waals surface area contributed by atoms with Gasteiger partial charge in [-0.1, -0.05) is 18.6 Å². The van der Waals surface area contributed by atoms with Crippen LogP contribution in [0.25, 0.3) is 11.0 Å². The van der Waals surface area contributed by atoms with Gasteiger partial charge < -0.3 is 9.88 Å². The monoisotopic (exact) mass is 269 g/mol. The molecule has 1 aromatic heterocycles. The van der Waals surface area contributed by atoms with Crippen LogP contribution in [-0.4, -0.2) is 15.6 Å². The molecule has 4 rings (SSSR count). The third kappa shape index (κ3) is 1.87. The van der Waals surface area contributed by atoms with Crippen LogP contribution in [0, 0.1) is 11.8 Å². The third-order valence-electron chi connectivity index (χ3n) is 5.41. The first-order valence-corrected chi connectivity index (χ1v) is 7.90. The Morgan fingerprint density at radius 1 is 1.25 bits per heavy atom. The lowest BCUT2D eigenvalue weighted by molar-refractivity contribution is 0.320. The highest BCUT2D eigenvalue weighted by molar-refractivity contribution is 5.75. The zero-order chi connectivity index (χ0) is 13.7. The van der Waals surface area contributed by atoms with E-state index in [1.807, 2.05) is 0 Å². The molecule has 1 N–H and O–H groups in total. The maximum absolute atomic E-state index is 4.82. The van der Waals surface area contributed by atoms with Gasteiger partial charge in [-0.3, -0.25) is 0 Å². The number of nitrogens with zero attached hydrogens (tertiary/aromatic N) is 2. The van der Waals surface area contributed by atoms with Crippen molar-refractivity contribution in [2.75, 3.05) is 0 Å². The second-order valence-electron chi connectivity index (χ2n) is 6.69. The van der Waals surface area contributed by atoms with Crippen molar-refractivity contribution in [1.29, 1.82) is 0 Å². The molecular formula is C17H23N3. The molecule has 106 valence electrons. The van der Waals surface area contributed by atoms with E-state index < -0.39 is 0 Å². The van der Waals surface area contributed by atoms with Crippen molar-refractivity contribution in [2.24, 2.45) is 18.9 Å². The summed E-state index contributed by atoms with van der Waals surface area (Å²) < 4.78 is 2.24. The molecule has 0 amide bonds. The normalized spacial score (nSPS) is 30.2. The molecule has 2 aliphatic rings. The first-order valence-electron chi connectivity index (χ1n) is 7.90. The molecule has 2 aliphatic carbocycles. The Labute approximate surface area is 120 Å². The van der Waals surface area contributed by atoms with Gasteiger partial charge in [-0.15, -0.1) is 0 Å². The minimum Gasteiger partial charge on any atom is -0.330 e. The van der Waals surface area contributed by atoms with Gasteiger partial charge in [0, 0.05) is 13.1 Å². The van der Waals surface area contributed by atoms with Crippen LogP contribution in [0.1, 0.15) is 44.5 Å². The van der Waals surface area contributed by atoms with Gasteiger partial charge in [0.2, 0.25) is 0 Å². The van der Waals surface area contributed by atoms with E-state index in [9.17, 15) is 0 Å². The highest BCUT2D eigenvalue weighted by Crippen LogP contribution is 2.45. The Balaban J connectivity index is 1.57. The number of rotatable bonds is 3. The fourth-order valence-electron chi connectivity index (χ4n) is 4.40. The SMILES string of the molecule is CC(NC1CC2CCC1C2)c1nc2ccccc2n1C. The summed E-state index contributed by atoms with van der Waals surface area (Å²) in [5.74, 6) is 3.07. The van der Waals surface area contributed by atoms with E-state index in [2.05, 4.69) is 48.1 Å². The van der Waals surface area contributed by atoms with Crippen LogP contribution in [0.15, 0.2) is 24.3 Å². The molecule has 1 heterocycles. The first kappa shape index (κ1) is 12.4. The number of aryl methyl sites for hydroxylation is 1. The summed E-state index contributed by atoms with van der Waals surface area (Å²) in [6, 6.07) is 9.44. The van der Waals surface area contributed by atoms with Gasteiger partial charge in [-0.05, 0) is 50.2 Å². The van der Waals surface area contributed by atoms with Gasteiger partial charge in [0.15, 0.2) is 0 Å². The quantitative estimate of drug-likeness (QED) is 0.925. The van der Waals surface area contributed by atoms with Gasteiger partial charge in [0.25, 0.3) is 0 Å². The van der Waals surface area contributed by atoms with Crippen molar-refractivity contribution in [3.8, 4) is 0 Å². The molecule has 3 nitrogen and oxygen atoms in total. The summed E-state index contributed by atoms with van der Waals surface area (Å²) >= 11 is 0.